The predicted octanol–water partition coefficient (Wildman–Crippen LogP) is -5.19. The highest BCUT2D eigenvalue weighted by Crippen LogP contribution is 2.11. The third-order valence-electron chi connectivity index (χ3n) is 16.7. The fourth-order valence-corrected chi connectivity index (χ4v) is 10.1. The summed E-state index contributed by atoms with van der Waals surface area (Å²) in [5, 5.41) is 185. The standard InChI is InChI=1S/C28H59NO14.C25H49Br3O14.C25H46O11.C7H16O5.C3H6O2.CH4O/c1-5-21(30)8-37-11-24(33)13-40-18-27(17-36-4)43-20-28(19-41-14-25(34)12-38-9-22(31)6-2)42-16-26(35)15-39-10-23(32)7-29-3;1-35-14-24(15-39-10-21(32)8-36-5-18(29)2-26)42-17-25(41-13-23(34)12-38-7-20(31)4-28)16-40-11-22(33)9-37-6-19(30)3-27;1-5-8-30-11-21(26)14-33-18-24(17-29-4)36-20-25(35-16-23(28)13-32-10-7-3)19-34-15-22(27)12-31-9-6-2;1-11-5-7(3-9)12-4-6(10)2-8;1-3(4)5-2;1-2/h21-35H,5-20H2,1-4H3;18-25,29-34H,2-17H2,1H3;5-7,21-28H,1-3,8-20H2,4H3;6-10H,2-5H2,1H3;1-2H3;2H,1H3. The van der Waals surface area contributed by atoms with Crippen molar-refractivity contribution in [3.8, 4) is 0 Å². The molecule has 48 nitrogen and oxygen atoms in total. The van der Waals surface area contributed by atoms with Gasteiger partial charge in [0.25, 0.3) is 0 Å². The van der Waals surface area contributed by atoms with Crippen molar-refractivity contribution in [1.82, 2.24) is 5.32 Å². The minimum atomic E-state index is -0.965. The van der Waals surface area contributed by atoms with Gasteiger partial charge in [0.2, 0.25) is 0 Å². The third kappa shape index (κ3) is 109. The number of nitrogens with one attached hydrogen (secondary N) is 1. The van der Waals surface area contributed by atoms with E-state index in [-0.39, 0.29) is 270 Å². The number of hydrogen-bond donors (Lipinski definition) is 20. The summed E-state index contributed by atoms with van der Waals surface area (Å²) in [4.78, 5) is 9.59. The molecule has 0 aliphatic heterocycles. The normalized spacial score (nSPS) is 16.5. The van der Waals surface area contributed by atoms with Gasteiger partial charge in [-0.25, -0.2) is 0 Å². The van der Waals surface area contributed by atoms with Crippen LogP contribution in [0.25, 0.3) is 0 Å². The van der Waals surface area contributed by atoms with Gasteiger partial charge < -0.3 is 230 Å². The Hall–Kier alpha value is -1.71. The molecule has 0 fully saturated rings. The van der Waals surface area contributed by atoms with Crippen LogP contribution in [0.15, 0.2) is 38.0 Å². The number of ether oxygens (including phenoxy) is 27. The van der Waals surface area contributed by atoms with Crippen molar-refractivity contribution in [1.29, 1.82) is 0 Å². The first-order chi connectivity index (χ1) is 67.3. The second-order valence-electron chi connectivity index (χ2n) is 30.8. The molecular formula is C89H180Br3NO47. The zero-order valence-corrected chi connectivity index (χ0v) is 88.6. The lowest BCUT2D eigenvalue weighted by atomic mass is 10.3. The van der Waals surface area contributed by atoms with E-state index < -0.39 is 140 Å². The molecule has 0 aromatic carbocycles. The maximum atomic E-state index is 10.3. The van der Waals surface area contributed by atoms with E-state index in [0.717, 1.165) is 7.11 Å². The Bertz CT molecular complexity index is 2510. The van der Waals surface area contributed by atoms with Crippen molar-refractivity contribution in [3.05, 3.63) is 38.0 Å². The van der Waals surface area contributed by atoms with Crippen molar-refractivity contribution < 1.29 is 230 Å². The first kappa shape index (κ1) is 149. The van der Waals surface area contributed by atoms with Gasteiger partial charge in [-0.3, -0.25) is 4.79 Å². The molecular weight excluding hydrogens is 2070 g/mol. The zero-order chi connectivity index (χ0) is 106. The molecule has 0 radical (unpaired) electrons. The molecule has 0 amide bonds. The van der Waals surface area contributed by atoms with Gasteiger partial charge in [-0.1, -0.05) is 79.9 Å². The minimum Gasteiger partial charge on any atom is -0.469 e. The largest absolute Gasteiger partial charge is 0.469 e. The Morgan fingerprint density at radius 2 is 0.436 bits per heavy atom. The molecule has 0 aliphatic carbocycles. The molecule has 844 valence electrons. The summed E-state index contributed by atoms with van der Waals surface area (Å²) in [7, 11) is 10.1. The van der Waals surface area contributed by atoms with Crippen LogP contribution < -0.4 is 5.32 Å². The summed E-state index contributed by atoms with van der Waals surface area (Å²) in [6.07, 6.45) is -10.5. The third-order valence-corrected chi connectivity index (χ3v) is 19.0. The van der Waals surface area contributed by atoms with Crippen LogP contribution in [-0.4, -0.2) is 600 Å². The summed E-state index contributed by atoms with van der Waals surface area (Å²) >= 11 is 9.41. The van der Waals surface area contributed by atoms with Crippen molar-refractivity contribution >= 4 is 53.8 Å². The molecule has 0 bridgehead atoms. The summed E-state index contributed by atoms with van der Waals surface area (Å²) in [6, 6.07) is 0. The number of carbonyl (C=O) groups is 1. The summed E-state index contributed by atoms with van der Waals surface area (Å²) in [5.74, 6) is -0.245. The molecule has 0 aromatic rings. The molecule has 0 saturated carbocycles. The predicted molar refractivity (Wildman–Crippen MR) is 521 cm³/mol. The molecule has 0 aromatic heterocycles. The van der Waals surface area contributed by atoms with Crippen LogP contribution in [0.3, 0.4) is 0 Å². The van der Waals surface area contributed by atoms with Crippen LogP contribution in [-0.2, 0) is 133 Å². The fraction of sp³-hybridized carbons (Fsp3) is 0.921. The Labute approximate surface area is 852 Å². The molecule has 140 heavy (non-hydrogen) atoms. The van der Waals surface area contributed by atoms with Gasteiger partial charge in [0.1, 0.15) is 104 Å². The summed E-state index contributed by atoms with van der Waals surface area (Å²) < 4.78 is 145. The number of aliphatic hydroxyl groups is 19. The number of carbonyl (C=O) groups excluding carboxylic acids is 1. The maximum Gasteiger partial charge on any atom is 0.302 e. The highest BCUT2D eigenvalue weighted by Gasteiger charge is 2.25. The average Bonchev–Trinajstić information content (AvgIpc) is 0.946. The van der Waals surface area contributed by atoms with Crippen molar-refractivity contribution in [2.24, 2.45) is 0 Å². The fourth-order valence-electron chi connectivity index (χ4n) is 9.55. The van der Waals surface area contributed by atoms with Gasteiger partial charge in [-0.2, -0.15) is 0 Å². The Morgan fingerprint density at radius 3 is 0.636 bits per heavy atom. The van der Waals surface area contributed by atoms with Gasteiger partial charge in [-0.05, 0) is 19.9 Å². The van der Waals surface area contributed by atoms with E-state index in [0.29, 0.717) is 55.2 Å². The number of likely N-dealkylation sites (N-methyl/N-ethyl adjacent to an activating group) is 1. The van der Waals surface area contributed by atoms with E-state index in [1.54, 1.807) is 32.4 Å². The van der Waals surface area contributed by atoms with Crippen LogP contribution in [0.2, 0.25) is 0 Å². The monoisotopic (exact) mass is 2250 g/mol. The molecule has 0 spiro atoms. The molecule has 51 heteroatoms. The number of rotatable bonds is 98. The van der Waals surface area contributed by atoms with Gasteiger partial charge in [0.15, 0.2) is 0 Å². The van der Waals surface area contributed by atoms with E-state index in [4.69, 9.17) is 144 Å². The number of hydrogen-bond acceptors (Lipinski definition) is 48. The number of alkyl halides is 3. The minimum absolute atomic E-state index is 0.000709. The first-order valence-electron chi connectivity index (χ1n) is 45.9. The second-order valence-corrected chi connectivity index (χ2v) is 32.7. The Morgan fingerprint density at radius 1 is 0.257 bits per heavy atom. The number of esters is 1. The lowest BCUT2D eigenvalue weighted by Crippen LogP contribution is -2.36. The van der Waals surface area contributed by atoms with Crippen LogP contribution >= 0.6 is 47.8 Å². The van der Waals surface area contributed by atoms with Gasteiger partial charge in [0.05, 0.1) is 328 Å². The quantitative estimate of drug-likeness (QED) is 0.0117. The van der Waals surface area contributed by atoms with E-state index in [1.807, 2.05) is 13.8 Å². The van der Waals surface area contributed by atoms with Crippen molar-refractivity contribution in [2.75, 3.05) is 356 Å². The maximum absolute atomic E-state index is 10.3. The highest BCUT2D eigenvalue weighted by molar-refractivity contribution is 9.09. The second kappa shape index (κ2) is 113. The highest BCUT2D eigenvalue weighted by atomic mass is 79.9. The number of aliphatic hydroxyl groups excluding tert-OH is 19. The molecule has 20 N–H and O–H groups in total. The number of halogens is 3. The number of methoxy groups -OCH3 is 5. The van der Waals surface area contributed by atoms with E-state index in [2.05, 4.69) is 77.6 Å². The smallest absolute Gasteiger partial charge is 0.302 e. The van der Waals surface area contributed by atoms with E-state index in [9.17, 15) is 81.4 Å². The molecule has 0 heterocycles. The van der Waals surface area contributed by atoms with Gasteiger partial charge in [-0.15, -0.1) is 19.7 Å². The average molecular weight is 2260 g/mol. The zero-order valence-electron chi connectivity index (χ0n) is 83.8. The molecule has 23 atom stereocenters. The van der Waals surface area contributed by atoms with Gasteiger partial charge >= 0.3 is 5.97 Å². The summed E-state index contributed by atoms with van der Waals surface area (Å²) in [5.41, 5.74) is 0. The van der Waals surface area contributed by atoms with Crippen molar-refractivity contribution in [3.63, 3.8) is 0 Å². The molecule has 0 rings (SSSR count). The van der Waals surface area contributed by atoms with Gasteiger partial charge in [0, 0.05) is 65.0 Å². The first-order valence-corrected chi connectivity index (χ1v) is 49.3. The molecule has 0 aliphatic rings. The van der Waals surface area contributed by atoms with Crippen LogP contribution in [0.1, 0.15) is 33.6 Å². The van der Waals surface area contributed by atoms with Crippen molar-refractivity contribution in [2.45, 2.75) is 174 Å². The van der Waals surface area contributed by atoms with Crippen LogP contribution in [0.4, 0.5) is 0 Å². The van der Waals surface area contributed by atoms with Crippen LogP contribution in [0.5, 0.6) is 0 Å². The SMILES string of the molecule is C=CCOCC(O)COCC(COC)OCC(COCC(O)COCC=C)OCC(O)COCC=C.CCC(O)COCC(O)COCC(COC)OCC(COCC(O)COCC(O)CC)OCC(O)COCC(O)CNC.CO.COC(C)=O.COCC(CO)OCC(O)CO.COCC(COCC(O)COCC(O)CBr)OCC(COCC(O)COCC(O)CBr)OCC(O)COCC(O)CBr. The lowest BCUT2D eigenvalue weighted by Gasteiger charge is -2.24. The lowest BCUT2D eigenvalue weighted by molar-refractivity contribution is -0.137. The van der Waals surface area contributed by atoms with E-state index in [1.165, 1.54) is 35.4 Å². The summed E-state index contributed by atoms with van der Waals surface area (Å²) in [6.45, 7) is 18.8. The topological polar surface area (TPSA) is 663 Å². The molecule has 23 unspecified atom stereocenters. The molecule has 0 saturated heterocycles. The van der Waals surface area contributed by atoms with Crippen LogP contribution in [0, 0.1) is 0 Å². The van der Waals surface area contributed by atoms with E-state index >= 15 is 0 Å². The Kier molecular flexibility index (Phi) is 120. The Balaban J connectivity index is -0.000000439.